The van der Waals surface area contributed by atoms with Crippen LogP contribution in [0, 0.1) is 6.92 Å². The zero-order valence-electron chi connectivity index (χ0n) is 12.8. The van der Waals surface area contributed by atoms with Gasteiger partial charge in [0.15, 0.2) is 0 Å². The van der Waals surface area contributed by atoms with Crippen LogP contribution in [-0.4, -0.2) is 40.3 Å². The number of rotatable bonds is 3. The molecule has 0 N–H and O–H groups in total. The van der Waals surface area contributed by atoms with E-state index >= 15 is 0 Å². The molecule has 0 aromatic carbocycles. The van der Waals surface area contributed by atoms with Crippen LogP contribution in [-0.2, 0) is 17.1 Å². The van der Waals surface area contributed by atoms with E-state index in [0.29, 0.717) is 13.1 Å². The molecule has 6 nitrogen and oxygen atoms in total. The molecule has 1 atom stereocenters. The molecule has 2 aromatic heterocycles. The molecule has 0 bridgehead atoms. The molecule has 0 amide bonds. The molecule has 3 rings (SSSR count). The summed E-state index contributed by atoms with van der Waals surface area (Å²) in [7, 11) is -1.51. The minimum atomic E-state index is -3.48. The van der Waals surface area contributed by atoms with Gasteiger partial charge in [-0.2, -0.15) is 4.31 Å². The van der Waals surface area contributed by atoms with Crippen molar-refractivity contribution in [2.24, 2.45) is 7.05 Å². The molecule has 1 aliphatic rings. The zero-order valence-corrected chi connectivity index (χ0v) is 13.6. The Morgan fingerprint density at radius 2 is 2.18 bits per heavy atom. The first-order valence-corrected chi connectivity index (χ1v) is 8.82. The van der Waals surface area contributed by atoms with Gasteiger partial charge in [-0.05, 0) is 31.9 Å². The first-order valence-electron chi connectivity index (χ1n) is 7.38. The summed E-state index contributed by atoms with van der Waals surface area (Å²) >= 11 is 0. The van der Waals surface area contributed by atoms with E-state index in [1.165, 1.54) is 6.20 Å². The van der Waals surface area contributed by atoms with Crippen LogP contribution in [0.2, 0.25) is 0 Å². The average molecular weight is 320 g/mol. The number of imidazole rings is 1. The van der Waals surface area contributed by atoms with Gasteiger partial charge >= 0.3 is 0 Å². The van der Waals surface area contributed by atoms with Crippen molar-refractivity contribution >= 4 is 10.0 Å². The number of hydrogen-bond acceptors (Lipinski definition) is 4. The predicted molar refractivity (Wildman–Crippen MR) is 82.9 cm³/mol. The van der Waals surface area contributed by atoms with E-state index in [1.54, 1.807) is 22.6 Å². The molecule has 7 heteroatoms. The highest BCUT2D eigenvalue weighted by Gasteiger charge is 2.32. The zero-order chi connectivity index (χ0) is 15.7. The van der Waals surface area contributed by atoms with Crippen molar-refractivity contribution in [3.8, 4) is 0 Å². The number of aromatic nitrogens is 3. The van der Waals surface area contributed by atoms with Gasteiger partial charge in [0.1, 0.15) is 10.7 Å². The van der Waals surface area contributed by atoms with Gasteiger partial charge in [0.05, 0.1) is 5.69 Å². The maximum atomic E-state index is 12.7. The highest BCUT2D eigenvalue weighted by molar-refractivity contribution is 7.89. The monoisotopic (exact) mass is 320 g/mol. The van der Waals surface area contributed by atoms with Crippen LogP contribution in [0.15, 0.2) is 35.6 Å². The quantitative estimate of drug-likeness (QED) is 0.863. The van der Waals surface area contributed by atoms with E-state index in [-0.39, 0.29) is 10.8 Å². The van der Waals surface area contributed by atoms with E-state index < -0.39 is 10.0 Å². The van der Waals surface area contributed by atoms with E-state index in [0.717, 1.165) is 24.4 Å². The Hall–Kier alpha value is -1.73. The second-order valence-corrected chi connectivity index (χ2v) is 7.68. The Morgan fingerprint density at radius 3 is 2.82 bits per heavy atom. The summed E-state index contributed by atoms with van der Waals surface area (Å²) in [5.74, 6) is 1.10. The molecule has 2 aromatic rings. The van der Waals surface area contributed by atoms with Crippen molar-refractivity contribution in [2.75, 3.05) is 13.1 Å². The van der Waals surface area contributed by atoms with Gasteiger partial charge in [0.25, 0.3) is 0 Å². The van der Waals surface area contributed by atoms with Gasteiger partial charge in [-0.3, -0.25) is 4.98 Å². The van der Waals surface area contributed by atoms with Crippen molar-refractivity contribution < 1.29 is 8.42 Å². The Bertz CT molecular complexity index is 755. The maximum absolute atomic E-state index is 12.7. The van der Waals surface area contributed by atoms with Gasteiger partial charge in [0, 0.05) is 44.6 Å². The van der Waals surface area contributed by atoms with Crippen LogP contribution in [0.25, 0.3) is 0 Å². The molecule has 0 radical (unpaired) electrons. The standard InChI is InChI=1S/C15H20N4O2S/c1-12-10-18(2)15(17-12)13-5-4-8-19(11-13)22(20,21)14-6-3-7-16-9-14/h3,6-7,9-10,13H,4-5,8,11H2,1-2H3/t13-/m1/s1. The van der Waals surface area contributed by atoms with Crippen LogP contribution in [0.1, 0.15) is 30.3 Å². The fraction of sp³-hybridized carbons (Fsp3) is 0.467. The van der Waals surface area contributed by atoms with Crippen molar-refractivity contribution in [1.82, 2.24) is 18.8 Å². The van der Waals surface area contributed by atoms with Crippen LogP contribution in [0.3, 0.4) is 0 Å². The molecule has 22 heavy (non-hydrogen) atoms. The predicted octanol–water partition coefficient (Wildman–Crippen LogP) is 1.69. The number of hydrogen-bond donors (Lipinski definition) is 0. The van der Waals surface area contributed by atoms with E-state index in [4.69, 9.17) is 0 Å². The Balaban J connectivity index is 1.86. The molecular weight excluding hydrogens is 300 g/mol. The summed E-state index contributed by atoms with van der Waals surface area (Å²) in [5.41, 5.74) is 0.963. The summed E-state index contributed by atoms with van der Waals surface area (Å²) in [4.78, 5) is 8.73. The Morgan fingerprint density at radius 1 is 1.36 bits per heavy atom. The minimum absolute atomic E-state index is 0.138. The molecule has 1 fully saturated rings. The summed E-state index contributed by atoms with van der Waals surface area (Å²) < 4.78 is 29.0. The molecule has 0 unspecified atom stereocenters. The molecule has 0 spiro atoms. The van der Waals surface area contributed by atoms with E-state index in [9.17, 15) is 8.42 Å². The van der Waals surface area contributed by atoms with Crippen LogP contribution >= 0.6 is 0 Å². The fourth-order valence-corrected chi connectivity index (χ4v) is 4.52. The Labute approximate surface area is 130 Å². The van der Waals surface area contributed by atoms with Gasteiger partial charge in [0.2, 0.25) is 10.0 Å². The highest BCUT2D eigenvalue weighted by atomic mass is 32.2. The van der Waals surface area contributed by atoms with Gasteiger partial charge < -0.3 is 4.57 Å². The lowest BCUT2D eigenvalue weighted by atomic mass is 9.99. The molecule has 0 aliphatic carbocycles. The number of aryl methyl sites for hydroxylation is 2. The van der Waals surface area contributed by atoms with Crippen LogP contribution in [0.4, 0.5) is 0 Å². The van der Waals surface area contributed by atoms with Crippen LogP contribution < -0.4 is 0 Å². The average Bonchev–Trinajstić information content (AvgIpc) is 2.87. The normalized spacial score (nSPS) is 20.2. The third-order valence-corrected chi connectivity index (χ3v) is 5.90. The highest BCUT2D eigenvalue weighted by Crippen LogP contribution is 2.29. The molecule has 0 saturated carbocycles. The lowest BCUT2D eigenvalue weighted by Gasteiger charge is -2.31. The van der Waals surface area contributed by atoms with Crippen molar-refractivity contribution in [3.05, 3.63) is 42.2 Å². The third kappa shape index (κ3) is 2.78. The number of pyridine rings is 1. The lowest BCUT2D eigenvalue weighted by molar-refractivity contribution is 0.306. The number of nitrogens with zero attached hydrogens (tertiary/aromatic N) is 4. The maximum Gasteiger partial charge on any atom is 0.244 e. The van der Waals surface area contributed by atoms with Crippen molar-refractivity contribution in [3.63, 3.8) is 0 Å². The molecule has 118 valence electrons. The minimum Gasteiger partial charge on any atom is -0.337 e. The van der Waals surface area contributed by atoms with Crippen molar-refractivity contribution in [1.29, 1.82) is 0 Å². The van der Waals surface area contributed by atoms with Gasteiger partial charge in [-0.1, -0.05) is 0 Å². The molecular formula is C15H20N4O2S. The topological polar surface area (TPSA) is 68.1 Å². The fourth-order valence-electron chi connectivity index (χ4n) is 3.03. The smallest absolute Gasteiger partial charge is 0.244 e. The third-order valence-electron chi connectivity index (χ3n) is 4.05. The molecule has 1 saturated heterocycles. The first-order chi connectivity index (χ1) is 10.5. The summed E-state index contributed by atoms with van der Waals surface area (Å²) in [6, 6.07) is 3.24. The number of sulfonamides is 1. The van der Waals surface area contributed by atoms with E-state index in [2.05, 4.69) is 9.97 Å². The number of piperidine rings is 1. The van der Waals surface area contributed by atoms with E-state index in [1.807, 2.05) is 24.7 Å². The second-order valence-electron chi connectivity index (χ2n) is 5.74. The summed E-state index contributed by atoms with van der Waals surface area (Å²) in [5, 5.41) is 0. The summed E-state index contributed by atoms with van der Waals surface area (Å²) in [6.45, 7) is 2.98. The second kappa shape index (κ2) is 5.81. The SMILES string of the molecule is Cc1cn(C)c([C@@H]2CCCN(S(=O)(=O)c3cccnc3)C2)n1. The van der Waals surface area contributed by atoms with Crippen molar-refractivity contribution in [2.45, 2.75) is 30.6 Å². The first kappa shape index (κ1) is 15.2. The summed E-state index contributed by atoms with van der Waals surface area (Å²) in [6.07, 6.45) is 6.77. The van der Waals surface area contributed by atoms with Crippen LogP contribution in [0.5, 0.6) is 0 Å². The Kier molecular flexibility index (Phi) is 4.01. The molecule has 1 aliphatic heterocycles. The molecule has 3 heterocycles. The van der Waals surface area contributed by atoms with Gasteiger partial charge in [-0.25, -0.2) is 13.4 Å². The van der Waals surface area contributed by atoms with Gasteiger partial charge in [-0.15, -0.1) is 0 Å². The lowest BCUT2D eigenvalue weighted by Crippen LogP contribution is -2.39. The largest absolute Gasteiger partial charge is 0.337 e.